The molecule has 5 rings (SSSR count). The highest BCUT2D eigenvalue weighted by atomic mass is 16.6. The molecule has 0 N–H and O–H groups in total. The first-order chi connectivity index (χ1) is 16.5. The van der Waals surface area contributed by atoms with Crippen LogP contribution in [0.1, 0.15) is 22.8 Å². The SMILES string of the molecule is C=C(/C=C\C(=C/C)C1(c2ccc(OCC3CO3)cc2)C(=O)c2ccccc2N1C)OCC1CO1. The lowest BCUT2D eigenvalue weighted by Crippen LogP contribution is -2.47. The molecular weight excluding hydrogens is 430 g/mol. The molecule has 6 nitrogen and oxygen atoms in total. The summed E-state index contributed by atoms with van der Waals surface area (Å²) in [4.78, 5) is 16.1. The number of fused-ring (bicyclic) bond motifs is 1. The number of ketones is 1. The van der Waals surface area contributed by atoms with E-state index in [1.54, 1.807) is 0 Å². The molecule has 3 aliphatic heterocycles. The van der Waals surface area contributed by atoms with E-state index in [1.165, 1.54) is 0 Å². The second-order valence-corrected chi connectivity index (χ2v) is 8.72. The van der Waals surface area contributed by atoms with Gasteiger partial charge in [0, 0.05) is 18.3 Å². The number of rotatable bonds is 10. The summed E-state index contributed by atoms with van der Waals surface area (Å²) in [5.41, 5.74) is 2.27. The Labute approximate surface area is 200 Å². The molecule has 0 aromatic heterocycles. The average molecular weight is 460 g/mol. The Morgan fingerprint density at radius 2 is 1.76 bits per heavy atom. The number of likely N-dealkylation sites (N-methyl/N-ethyl adjacent to an activating group) is 1. The van der Waals surface area contributed by atoms with Crippen molar-refractivity contribution >= 4 is 11.5 Å². The minimum atomic E-state index is -1.02. The molecular formula is C28H29NO5. The minimum absolute atomic E-state index is 0.0290. The minimum Gasteiger partial charge on any atom is -0.491 e. The summed E-state index contributed by atoms with van der Waals surface area (Å²) in [5, 5.41) is 0. The molecule has 0 aliphatic carbocycles. The van der Waals surface area contributed by atoms with Crippen LogP contribution in [0.4, 0.5) is 5.69 Å². The summed E-state index contributed by atoms with van der Waals surface area (Å²) in [5.74, 6) is 1.31. The molecule has 0 amide bonds. The van der Waals surface area contributed by atoms with Crippen molar-refractivity contribution < 1.29 is 23.7 Å². The van der Waals surface area contributed by atoms with Crippen molar-refractivity contribution in [3.63, 3.8) is 0 Å². The van der Waals surface area contributed by atoms with Gasteiger partial charge in [0.25, 0.3) is 0 Å². The first-order valence-corrected chi connectivity index (χ1v) is 11.5. The number of epoxide rings is 2. The molecule has 3 aliphatic rings. The summed E-state index contributed by atoms with van der Waals surface area (Å²) < 4.78 is 21.9. The topological polar surface area (TPSA) is 63.8 Å². The van der Waals surface area contributed by atoms with Crippen molar-refractivity contribution in [3.8, 4) is 5.75 Å². The van der Waals surface area contributed by atoms with Gasteiger partial charge in [-0.25, -0.2) is 0 Å². The van der Waals surface area contributed by atoms with Crippen molar-refractivity contribution in [1.29, 1.82) is 0 Å². The molecule has 3 heterocycles. The van der Waals surface area contributed by atoms with Crippen LogP contribution < -0.4 is 9.64 Å². The number of ether oxygens (including phenoxy) is 4. The van der Waals surface area contributed by atoms with Gasteiger partial charge < -0.3 is 23.8 Å². The van der Waals surface area contributed by atoms with E-state index in [0.717, 1.165) is 35.8 Å². The highest BCUT2D eigenvalue weighted by Crippen LogP contribution is 2.49. The Balaban J connectivity index is 1.49. The molecule has 0 spiro atoms. The molecule has 0 saturated carbocycles. The Morgan fingerprint density at radius 1 is 1.09 bits per heavy atom. The van der Waals surface area contributed by atoms with Crippen molar-refractivity contribution in [2.75, 3.05) is 38.4 Å². The number of hydrogen-bond donors (Lipinski definition) is 0. The number of carbonyl (C=O) groups is 1. The number of para-hydroxylation sites is 1. The summed E-state index contributed by atoms with van der Waals surface area (Å²) in [6.45, 7) is 8.43. The zero-order valence-corrected chi connectivity index (χ0v) is 19.5. The molecule has 2 aromatic carbocycles. The first kappa shape index (κ1) is 22.4. The molecule has 3 atom stereocenters. The first-order valence-electron chi connectivity index (χ1n) is 11.5. The van der Waals surface area contributed by atoms with Gasteiger partial charge in [-0.3, -0.25) is 4.79 Å². The van der Waals surface area contributed by atoms with E-state index in [2.05, 4.69) is 11.5 Å². The molecule has 2 fully saturated rings. The lowest BCUT2D eigenvalue weighted by atomic mass is 9.78. The smallest absolute Gasteiger partial charge is 0.199 e. The van der Waals surface area contributed by atoms with E-state index in [4.69, 9.17) is 18.9 Å². The van der Waals surface area contributed by atoms with Crippen LogP contribution in [0, 0.1) is 0 Å². The molecule has 3 unspecified atom stereocenters. The average Bonchev–Trinajstić information content (AvgIpc) is 3.79. The van der Waals surface area contributed by atoms with Gasteiger partial charge in [0.05, 0.1) is 13.2 Å². The molecule has 2 aromatic rings. The van der Waals surface area contributed by atoms with E-state index in [9.17, 15) is 4.79 Å². The number of benzene rings is 2. The van der Waals surface area contributed by atoms with Gasteiger partial charge in [0.2, 0.25) is 0 Å². The largest absolute Gasteiger partial charge is 0.491 e. The van der Waals surface area contributed by atoms with E-state index in [1.807, 2.05) is 80.7 Å². The number of hydrogen-bond acceptors (Lipinski definition) is 6. The normalized spacial score (nSPS) is 25.4. The van der Waals surface area contributed by atoms with Crippen LogP contribution in [0.2, 0.25) is 0 Å². The van der Waals surface area contributed by atoms with E-state index >= 15 is 0 Å². The molecule has 0 bridgehead atoms. The van der Waals surface area contributed by atoms with Crippen molar-refractivity contribution in [3.05, 3.63) is 95.8 Å². The maximum atomic E-state index is 14.1. The number of carbonyl (C=O) groups excluding carboxylic acids is 1. The Hall–Kier alpha value is -3.35. The highest BCUT2D eigenvalue weighted by molar-refractivity contribution is 6.16. The summed E-state index contributed by atoms with van der Waals surface area (Å²) in [6, 6.07) is 15.5. The fraction of sp³-hybridized carbons (Fsp3) is 0.321. The van der Waals surface area contributed by atoms with Gasteiger partial charge in [-0.15, -0.1) is 0 Å². The fourth-order valence-corrected chi connectivity index (χ4v) is 4.47. The number of Topliss-reactive ketones (excluding diaryl/α,β-unsaturated/α-hetero) is 1. The number of allylic oxidation sites excluding steroid dienone is 2. The van der Waals surface area contributed by atoms with Gasteiger partial charge in [0.1, 0.15) is 36.9 Å². The lowest BCUT2D eigenvalue weighted by molar-refractivity contribution is 0.0928. The van der Waals surface area contributed by atoms with Crippen molar-refractivity contribution in [1.82, 2.24) is 0 Å². The predicted molar refractivity (Wildman–Crippen MR) is 130 cm³/mol. The number of anilines is 1. The van der Waals surface area contributed by atoms with Crippen molar-refractivity contribution in [2.45, 2.75) is 24.7 Å². The second-order valence-electron chi connectivity index (χ2n) is 8.72. The standard InChI is InChI=1S/C28H29NO5/c1-4-20(10-9-19(2)31-15-23-17-33-23)28(27(30)25-7-5-6-8-26(25)29(28)3)21-11-13-22(14-12-21)32-16-24-18-34-24/h4-14,23-24H,2,15-18H2,1,3H3/b10-9-,20-4+. The van der Waals surface area contributed by atoms with Crippen LogP contribution in [0.25, 0.3) is 0 Å². The van der Waals surface area contributed by atoms with E-state index < -0.39 is 5.54 Å². The Kier molecular flexibility index (Phi) is 6.02. The highest BCUT2D eigenvalue weighted by Gasteiger charge is 2.52. The van der Waals surface area contributed by atoms with Crippen LogP contribution in [-0.4, -0.2) is 51.5 Å². The van der Waals surface area contributed by atoms with Crippen LogP contribution in [0.3, 0.4) is 0 Å². The monoisotopic (exact) mass is 459 g/mol. The fourth-order valence-electron chi connectivity index (χ4n) is 4.47. The van der Waals surface area contributed by atoms with Gasteiger partial charge in [-0.2, -0.15) is 0 Å². The quantitative estimate of drug-likeness (QED) is 0.298. The molecule has 34 heavy (non-hydrogen) atoms. The third-order valence-corrected chi connectivity index (χ3v) is 6.49. The predicted octanol–water partition coefficient (Wildman–Crippen LogP) is 4.42. The van der Waals surface area contributed by atoms with Gasteiger partial charge >= 0.3 is 0 Å². The maximum Gasteiger partial charge on any atom is 0.199 e. The summed E-state index contributed by atoms with van der Waals surface area (Å²) >= 11 is 0. The molecule has 0 radical (unpaired) electrons. The molecule has 6 heteroatoms. The third-order valence-electron chi connectivity index (χ3n) is 6.49. The van der Waals surface area contributed by atoms with Crippen LogP contribution in [0.15, 0.2) is 84.7 Å². The van der Waals surface area contributed by atoms with Crippen LogP contribution >= 0.6 is 0 Å². The Bertz CT molecular complexity index is 1140. The van der Waals surface area contributed by atoms with Gasteiger partial charge in [-0.05, 0) is 48.4 Å². The number of nitrogens with zero attached hydrogens (tertiary/aromatic N) is 1. The molecule has 2 saturated heterocycles. The summed E-state index contributed by atoms with van der Waals surface area (Å²) in [7, 11) is 1.96. The maximum absolute atomic E-state index is 14.1. The third kappa shape index (κ3) is 4.15. The van der Waals surface area contributed by atoms with Crippen LogP contribution in [-0.2, 0) is 19.7 Å². The molecule has 176 valence electrons. The zero-order valence-electron chi connectivity index (χ0n) is 19.5. The zero-order chi connectivity index (χ0) is 23.7. The van der Waals surface area contributed by atoms with Gasteiger partial charge in [0.15, 0.2) is 11.3 Å². The Morgan fingerprint density at radius 3 is 2.41 bits per heavy atom. The second kappa shape index (κ2) is 9.12. The van der Waals surface area contributed by atoms with E-state index in [0.29, 0.717) is 24.5 Å². The summed E-state index contributed by atoms with van der Waals surface area (Å²) in [6.07, 6.45) is 6.05. The van der Waals surface area contributed by atoms with Crippen molar-refractivity contribution in [2.24, 2.45) is 0 Å². The lowest BCUT2D eigenvalue weighted by Gasteiger charge is -2.38. The van der Waals surface area contributed by atoms with E-state index in [-0.39, 0.29) is 18.0 Å². The van der Waals surface area contributed by atoms with Gasteiger partial charge in [-0.1, -0.05) is 43.0 Å². The van der Waals surface area contributed by atoms with Crippen LogP contribution in [0.5, 0.6) is 5.75 Å².